The number of aliphatic hydroxyl groups excluding tert-OH is 5. The molecule has 5 N–H and O–H groups in total. The zero-order valence-electron chi connectivity index (χ0n) is 20.5. The van der Waals surface area contributed by atoms with Gasteiger partial charge in [0.05, 0.1) is 32.8 Å². The number of aryl methyl sites for hydroxylation is 1. The van der Waals surface area contributed by atoms with Crippen molar-refractivity contribution >= 4 is 0 Å². The van der Waals surface area contributed by atoms with Gasteiger partial charge in [0.15, 0.2) is 23.0 Å². The lowest BCUT2D eigenvalue weighted by molar-refractivity contribution is -0.268. The van der Waals surface area contributed by atoms with Crippen LogP contribution in [0.3, 0.4) is 0 Å². The molecule has 2 aromatic rings. The predicted molar refractivity (Wildman–Crippen MR) is 128 cm³/mol. The molecule has 0 saturated carbocycles. The number of hydrogen-bond donors (Lipinski definition) is 5. The van der Waals surface area contributed by atoms with Gasteiger partial charge in [-0.3, -0.25) is 0 Å². The molecule has 0 aliphatic carbocycles. The third-order valence-corrected chi connectivity index (χ3v) is 6.76. The smallest absolute Gasteiger partial charge is 0.229 e. The first-order chi connectivity index (χ1) is 17.3. The molecule has 0 aromatic heterocycles. The van der Waals surface area contributed by atoms with Crippen LogP contribution >= 0.6 is 0 Å². The van der Waals surface area contributed by atoms with Crippen LogP contribution in [0.4, 0.5) is 0 Å². The Morgan fingerprint density at radius 2 is 1.64 bits per heavy atom. The highest BCUT2D eigenvalue weighted by Crippen LogP contribution is 2.51. The summed E-state index contributed by atoms with van der Waals surface area (Å²) in [5, 5.41) is 49.8. The highest BCUT2D eigenvalue weighted by Gasteiger charge is 2.43. The summed E-state index contributed by atoms with van der Waals surface area (Å²) in [7, 11) is 3.03. The van der Waals surface area contributed by atoms with E-state index in [1.165, 1.54) is 7.11 Å². The fourth-order valence-electron chi connectivity index (χ4n) is 4.72. The van der Waals surface area contributed by atoms with E-state index in [1.54, 1.807) is 32.2 Å². The van der Waals surface area contributed by atoms with Crippen molar-refractivity contribution < 1.29 is 49.2 Å². The van der Waals surface area contributed by atoms with Gasteiger partial charge in [0.2, 0.25) is 6.29 Å². The molecule has 7 atom stereocenters. The van der Waals surface area contributed by atoms with Gasteiger partial charge in [-0.05, 0) is 49.1 Å². The molecule has 0 bridgehead atoms. The van der Waals surface area contributed by atoms with E-state index in [2.05, 4.69) is 0 Å². The summed E-state index contributed by atoms with van der Waals surface area (Å²) in [5.74, 6) is 1.37. The summed E-state index contributed by atoms with van der Waals surface area (Å²) >= 11 is 0. The highest BCUT2D eigenvalue weighted by atomic mass is 16.7. The second kappa shape index (κ2) is 11.2. The van der Waals surface area contributed by atoms with Gasteiger partial charge in [0.25, 0.3) is 0 Å². The maximum atomic E-state index is 10.3. The molecule has 10 heteroatoms. The highest BCUT2D eigenvalue weighted by molar-refractivity contribution is 5.56. The van der Waals surface area contributed by atoms with E-state index >= 15 is 0 Å². The van der Waals surface area contributed by atoms with E-state index in [0.29, 0.717) is 30.1 Å². The first-order valence-corrected chi connectivity index (χ1v) is 12.0. The Hall–Kier alpha value is -2.60. The molecule has 1 fully saturated rings. The molecule has 36 heavy (non-hydrogen) atoms. The molecule has 198 valence electrons. The van der Waals surface area contributed by atoms with Crippen molar-refractivity contribution in [3.8, 4) is 23.0 Å². The molecule has 0 amide bonds. The van der Waals surface area contributed by atoms with Crippen LogP contribution in [0, 0.1) is 0 Å². The van der Waals surface area contributed by atoms with Crippen molar-refractivity contribution in [3.05, 3.63) is 47.0 Å². The van der Waals surface area contributed by atoms with Crippen LogP contribution < -0.4 is 18.9 Å². The molecular formula is C26H34O10. The zero-order valence-corrected chi connectivity index (χ0v) is 20.5. The van der Waals surface area contributed by atoms with Crippen LogP contribution in [-0.2, 0) is 11.2 Å². The van der Waals surface area contributed by atoms with E-state index in [-0.39, 0.29) is 24.9 Å². The maximum Gasteiger partial charge on any atom is 0.229 e. The molecule has 1 saturated heterocycles. The van der Waals surface area contributed by atoms with Crippen LogP contribution in [0.25, 0.3) is 0 Å². The second-order valence-corrected chi connectivity index (χ2v) is 9.08. The van der Waals surface area contributed by atoms with Gasteiger partial charge >= 0.3 is 0 Å². The lowest BCUT2D eigenvalue weighted by Crippen LogP contribution is -2.58. The van der Waals surface area contributed by atoms with Crippen molar-refractivity contribution in [3.63, 3.8) is 0 Å². The lowest BCUT2D eigenvalue weighted by atomic mass is 9.90. The number of fused-ring (bicyclic) bond motifs is 1. The van der Waals surface area contributed by atoms with Crippen molar-refractivity contribution in [1.29, 1.82) is 0 Å². The topological polar surface area (TPSA) is 147 Å². The van der Waals surface area contributed by atoms with E-state index in [4.69, 9.17) is 23.7 Å². The summed E-state index contributed by atoms with van der Waals surface area (Å²) < 4.78 is 28.7. The van der Waals surface area contributed by atoms with E-state index in [9.17, 15) is 25.5 Å². The summed E-state index contributed by atoms with van der Waals surface area (Å²) in [4.78, 5) is 0. The molecule has 2 aliphatic rings. The number of rotatable bonds is 9. The summed E-state index contributed by atoms with van der Waals surface area (Å²) in [5.41, 5.74) is 2.54. The minimum atomic E-state index is -1.46. The SMILES string of the molecule is COc1cc([C@@H]2Oc3c(OC)cc(CCCO)cc3[C@H]2CO)ccc1O[C@H]1O[C@H](C)[C@@H](O)[C@H](O)[C@H]1O. The molecule has 10 nitrogen and oxygen atoms in total. The number of hydrogen-bond acceptors (Lipinski definition) is 10. The van der Waals surface area contributed by atoms with E-state index < -0.39 is 36.8 Å². The largest absolute Gasteiger partial charge is 0.493 e. The molecule has 0 unspecified atom stereocenters. The third-order valence-electron chi connectivity index (χ3n) is 6.76. The van der Waals surface area contributed by atoms with Crippen molar-refractivity contribution in [2.75, 3.05) is 27.4 Å². The van der Waals surface area contributed by atoms with E-state index in [1.807, 2.05) is 12.1 Å². The predicted octanol–water partition coefficient (Wildman–Crippen LogP) is 1.04. The Bertz CT molecular complexity index is 1040. The molecule has 0 radical (unpaired) electrons. The first-order valence-electron chi connectivity index (χ1n) is 12.0. The molecular weight excluding hydrogens is 472 g/mol. The molecule has 2 aromatic carbocycles. The van der Waals surface area contributed by atoms with Gasteiger partial charge in [-0.2, -0.15) is 0 Å². The quantitative estimate of drug-likeness (QED) is 0.334. The number of benzene rings is 2. The Labute approximate surface area is 209 Å². The van der Waals surface area contributed by atoms with Gasteiger partial charge in [-0.1, -0.05) is 12.1 Å². The van der Waals surface area contributed by atoms with Crippen LogP contribution in [0.5, 0.6) is 23.0 Å². The number of methoxy groups -OCH3 is 2. The van der Waals surface area contributed by atoms with Crippen LogP contribution in [0.1, 0.15) is 42.1 Å². The summed E-state index contributed by atoms with van der Waals surface area (Å²) in [6.07, 6.45) is -5.31. The monoisotopic (exact) mass is 506 g/mol. The van der Waals surface area contributed by atoms with Crippen molar-refractivity contribution in [2.24, 2.45) is 0 Å². The van der Waals surface area contributed by atoms with Crippen LogP contribution in [0.15, 0.2) is 30.3 Å². The Balaban J connectivity index is 1.60. The molecule has 2 aliphatic heterocycles. The average Bonchev–Trinajstić information content (AvgIpc) is 3.27. The Morgan fingerprint density at radius 3 is 2.31 bits per heavy atom. The zero-order chi connectivity index (χ0) is 26.0. The lowest BCUT2D eigenvalue weighted by Gasteiger charge is -2.39. The van der Waals surface area contributed by atoms with E-state index in [0.717, 1.165) is 16.7 Å². The molecule has 4 rings (SSSR count). The Morgan fingerprint density at radius 1 is 0.889 bits per heavy atom. The number of aliphatic hydroxyl groups is 5. The fourth-order valence-corrected chi connectivity index (χ4v) is 4.72. The van der Waals surface area contributed by atoms with Gasteiger partial charge < -0.3 is 49.2 Å². The normalized spacial score (nSPS) is 29.4. The fraction of sp³-hybridized carbons (Fsp3) is 0.538. The summed E-state index contributed by atoms with van der Waals surface area (Å²) in [6.45, 7) is 1.49. The second-order valence-electron chi connectivity index (χ2n) is 9.08. The van der Waals surface area contributed by atoms with Crippen LogP contribution in [0.2, 0.25) is 0 Å². The van der Waals surface area contributed by atoms with Crippen molar-refractivity contribution in [2.45, 2.75) is 62.5 Å². The minimum Gasteiger partial charge on any atom is -0.493 e. The van der Waals surface area contributed by atoms with Gasteiger partial charge in [0, 0.05) is 12.2 Å². The maximum absolute atomic E-state index is 10.3. The molecule has 2 heterocycles. The number of ether oxygens (including phenoxy) is 5. The van der Waals surface area contributed by atoms with Gasteiger partial charge in [-0.25, -0.2) is 0 Å². The minimum absolute atomic E-state index is 0.0809. The average molecular weight is 507 g/mol. The van der Waals surface area contributed by atoms with Crippen molar-refractivity contribution in [1.82, 2.24) is 0 Å². The van der Waals surface area contributed by atoms with Gasteiger partial charge in [0.1, 0.15) is 24.4 Å². The first kappa shape index (κ1) is 26.5. The Kier molecular flexibility index (Phi) is 8.23. The van der Waals surface area contributed by atoms with Gasteiger partial charge in [-0.15, -0.1) is 0 Å². The summed E-state index contributed by atoms with van der Waals surface area (Å²) in [6, 6.07) is 8.98. The third kappa shape index (κ3) is 4.97. The standard InChI is InChI=1S/C26H34O10/c1-13-21(29)22(30)23(31)26(34-13)35-18-7-6-15(11-19(18)32-2)24-17(12-28)16-9-14(5-4-8-27)10-20(33-3)25(16)36-24/h6-7,9-11,13,17,21-24,26-31H,4-5,8,12H2,1-3H3/t13-,17-,21-,22+,23-,24+,26-/m1/s1. The molecule has 0 spiro atoms. The van der Waals surface area contributed by atoms with Crippen LogP contribution in [-0.4, -0.2) is 83.7 Å².